The molecule has 0 atom stereocenters. The van der Waals surface area contributed by atoms with Crippen molar-refractivity contribution in [2.75, 3.05) is 32.1 Å². The van der Waals surface area contributed by atoms with Gasteiger partial charge in [0.25, 0.3) is 5.91 Å². The van der Waals surface area contributed by atoms with Crippen molar-refractivity contribution < 1.29 is 9.90 Å². The Morgan fingerprint density at radius 2 is 2.17 bits per heavy atom. The number of aryl methyl sites for hydroxylation is 1. The fraction of sp³-hybridized carbons (Fsp3) is 0.538. The summed E-state index contributed by atoms with van der Waals surface area (Å²) in [4.78, 5) is 18.2. The van der Waals surface area contributed by atoms with Crippen molar-refractivity contribution in [3.05, 3.63) is 23.4 Å². The molecule has 0 aromatic carbocycles. The normalized spacial score (nSPS) is 10.2. The van der Waals surface area contributed by atoms with E-state index in [4.69, 9.17) is 5.11 Å². The van der Waals surface area contributed by atoms with Gasteiger partial charge in [-0.25, -0.2) is 4.98 Å². The molecule has 0 saturated heterocycles. The zero-order valence-electron chi connectivity index (χ0n) is 11.2. The number of rotatable bonds is 6. The summed E-state index contributed by atoms with van der Waals surface area (Å²) in [7, 11) is 1.78. The van der Waals surface area contributed by atoms with E-state index in [0.29, 0.717) is 24.5 Å². The molecule has 0 unspecified atom stereocenters. The van der Waals surface area contributed by atoms with E-state index in [1.807, 2.05) is 19.9 Å². The second kappa shape index (κ2) is 6.96. The number of pyridine rings is 1. The molecule has 2 N–H and O–H groups in total. The van der Waals surface area contributed by atoms with Gasteiger partial charge < -0.3 is 15.3 Å². The molecule has 5 nitrogen and oxygen atoms in total. The number of nitrogens with one attached hydrogen (secondary N) is 1. The van der Waals surface area contributed by atoms with E-state index in [1.54, 1.807) is 18.0 Å². The number of carbonyl (C=O) groups excluding carboxylic acids is 1. The highest BCUT2D eigenvalue weighted by Crippen LogP contribution is 2.13. The molecule has 0 aliphatic heterocycles. The lowest BCUT2D eigenvalue weighted by Crippen LogP contribution is -2.33. The Balaban J connectivity index is 3.03. The van der Waals surface area contributed by atoms with Gasteiger partial charge in [-0.05, 0) is 25.5 Å². The first-order chi connectivity index (χ1) is 8.65. The summed E-state index contributed by atoms with van der Waals surface area (Å²) >= 11 is 0. The van der Waals surface area contributed by atoms with Crippen LogP contribution in [0.15, 0.2) is 12.1 Å². The van der Waals surface area contributed by atoms with E-state index in [1.165, 1.54) is 0 Å². The zero-order chi connectivity index (χ0) is 13.5. The van der Waals surface area contributed by atoms with Crippen molar-refractivity contribution >= 4 is 11.7 Å². The van der Waals surface area contributed by atoms with Crippen LogP contribution >= 0.6 is 0 Å². The number of nitrogens with zero attached hydrogens (tertiary/aromatic N) is 2. The van der Waals surface area contributed by atoms with Crippen LogP contribution < -0.4 is 5.32 Å². The maximum atomic E-state index is 12.3. The molecule has 1 aromatic heterocycles. The number of aromatic nitrogens is 1. The molecule has 0 radical (unpaired) electrons. The Morgan fingerprint density at radius 1 is 1.44 bits per heavy atom. The molecule has 1 rings (SSSR count). The van der Waals surface area contributed by atoms with E-state index in [-0.39, 0.29) is 12.5 Å². The van der Waals surface area contributed by atoms with Crippen molar-refractivity contribution in [2.45, 2.75) is 20.3 Å². The Morgan fingerprint density at radius 3 is 2.67 bits per heavy atom. The van der Waals surface area contributed by atoms with Crippen LogP contribution in [0.1, 0.15) is 29.9 Å². The van der Waals surface area contributed by atoms with E-state index in [9.17, 15) is 4.79 Å². The Hall–Kier alpha value is -1.62. The molecule has 18 heavy (non-hydrogen) atoms. The number of carbonyl (C=O) groups is 1. The molecule has 100 valence electrons. The summed E-state index contributed by atoms with van der Waals surface area (Å²) in [6.07, 6.45) is 0.780. The number of aliphatic hydroxyl groups excluding tert-OH is 1. The maximum absolute atomic E-state index is 12.3. The van der Waals surface area contributed by atoms with Crippen molar-refractivity contribution in [1.82, 2.24) is 9.88 Å². The van der Waals surface area contributed by atoms with Crippen molar-refractivity contribution in [3.8, 4) is 0 Å². The molecule has 1 aromatic rings. The van der Waals surface area contributed by atoms with Gasteiger partial charge in [0.15, 0.2) is 0 Å². The quantitative estimate of drug-likeness (QED) is 0.795. The SMILES string of the molecule is CCc1cc(C(=O)N(CC)CCO)cc(NC)n1. The van der Waals surface area contributed by atoms with Gasteiger partial charge >= 0.3 is 0 Å². The molecule has 0 aliphatic carbocycles. The van der Waals surface area contributed by atoms with Gasteiger partial charge in [0, 0.05) is 31.4 Å². The second-order valence-electron chi connectivity index (χ2n) is 3.94. The average molecular weight is 251 g/mol. The summed E-state index contributed by atoms with van der Waals surface area (Å²) in [5.74, 6) is 0.623. The van der Waals surface area contributed by atoms with Crippen LogP contribution in [0.3, 0.4) is 0 Å². The van der Waals surface area contributed by atoms with Gasteiger partial charge in [-0.1, -0.05) is 6.92 Å². The summed E-state index contributed by atoms with van der Waals surface area (Å²) in [5.41, 5.74) is 1.49. The molecule has 0 aliphatic rings. The van der Waals surface area contributed by atoms with Crippen LogP contribution in [0.5, 0.6) is 0 Å². The molecule has 0 spiro atoms. The molecule has 0 bridgehead atoms. The molecule has 1 amide bonds. The van der Waals surface area contributed by atoms with E-state index >= 15 is 0 Å². The van der Waals surface area contributed by atoms with Crippen molar-refractivity contribution in [2.24, 2.45) is 0 Å². The highest BCUT2D eigenvalue weighted by atomic mass is 16.3. The standard InChI is InChI=1S/C13H21N3O2/c1-4-11-8-10(9-12(14-3)15-11)13(18)16(5-2)6-7-17/h8-9,17H,4-7H2,1-3H3,(H,14,15). The first-order valence-corrected chi connectivity index (χ1v) is 6.25. The highest BCUT2D eigenvalue weighted by molar-refractivity contribution is 5.95. The number of hydrogen-bond donors (Lipinski definition) is 2. The summed E-state index contributed by atoms with van der Waals surface area (Å²) in [6, 6.07) is 3.55. The number of likely N-dealkylation sites (N-methyl/N-ethyl adjacent to an activating group) is 1. The van der Waals surface area contributed by atoms with Crippen molar-refractivity contribution in [1.29, 1.82) is 0 Å². The molecule has 5 heteroatoms. The average Bonchev–Trinajstić information content (AvgIpc) is 2.43. The maximum Gasteiger partial charge on any atom is 0.254 e. The number of anilines is 1. The molecule has 0 saturated carbocycles. The largest absolute Gasteiger partial charge is 0.395 e. The zero-order valence-corrected chi connectivity index (χ0v) is 11.2. The lowest BCUT2D eigenvalue weighted by atomic mass is 10.1. The summed E-state index contributed by atoms with van der Waals surface area (Å²) in [6.45, 7) is 4.81. The van der Waals surface area contributed by atoms with Crippen LogP contribution in [0.25, 0.3) is 0 Å². The fourth-order valence-electron chi connectivity index (χ4n) is 1.73. The van der Waals surface area contributed by atoms with E-state index < -0.39 is 0 Å². The highest BCUT2D eigenvalue weighted by Gasteiger charge is 2.15. The van der Waals surface area contributed by atoms with Crippen LogP contribution in [-0.2, 0) is 6.42 Å². The van der Waals surface area contributed by atoms with Crippen LogP contribution in [0, 0.1) is 0 Å². The third-order valence-electron chi connectivity index (χ3n) is 2.78. The van der Waals surface area contributed by atoms with Crippen molar-refractivity contribution in [3.63, 3.8) is 0 Å². The molecule has 1 heterocycles. The minimum absolute atomic E-state index is 0.0236. The molecular weight excluding hydrogens is 230 g/mol. The van der Waals surface area contributed by atoms with Crippen LogP contribution in [0.4, 0.5) is 5.82 Å². The lowest BCUT2D eigenvalue weighted by Gasteiger charge is -2.20. The monoisotopic (exact) mass is 251 g/mol. The van der Waals surface area contributed by atoms with Crippen LogP contribution in [0.2, 0.25) is 0 Å². The first-order valence-electron chi connectivity index (χ1n) is 6.25. The fourth-order valence-corrected chi connectivity index (χ4v) is 1.73. The van der Waals surface area contributed by atoms with Gasteiger partial charge in [0.05, 0.1) is 6.61 Å². The molecular formula is C13H21N3O2. The van der Waals surface area contributed by atoms with Crippen LogP contribution in [-0.4, -0.2) is 47.6 Å². The number of aliphatic hydroxyl groups is 1. The Kier molecular flexibility index (Phi) is 5.58. The Bertz CT molecular complexity index is 385. The first kappa shape index (κ1) is 14.4. The lowest BCUT2D eigenvalue weighted by molar-refractivity contribution is 0.0732. The smallest absolute Gasteiger partial charge is 0.254 e. The van der Waals surface area contributed by atoms with Gasteiger partial charge in [0.1, 0.15) is 5.82 Å². The molecule has 0 fully saturated rings. The third-order valence-corrected chi connectivity index (χ3v) is 2.78. The van der Waals surface area contributed by atoms with Gasteiger partial charge in [-0.3, -0.25) is 4.79 Å². The summed E-state index contributed by atoms with van der Waals surface area (Å²) < 4.78 is 0. The number of amides is 1. The Labute approximate surface area is 108 Å². The van der Waals surface area contributed by atoms with E-state index in [2.05, 4.69) is 10.3 Å². The minimum Gasteiger partial charge on any atom is -0.395 e. The minimum atomic E-state index is -0.0693. The number of hydrogen-bond acceptors (Lipinski definition) is 4. The van der Waals surface area contributed by atoms with Gasteiger partial charge in [0.2, 0.25) is 0 Å². The van der Waals surface area contributed by atoms with Gasteiger partial charge in [-0.2, -0.15) is 0 Å². The summed E-state index contributed by atoms with van der Waals surface area (Å²) in [5, 5.41) is 11.9. The predicted octanol–water partition coefficient (Wildman–Crippen LogP) is 1.14. The van der Waals surface area contributed by atoms with Gasteiger partial charge in [-0.15, -0.1) is 0 Å². The predicted molar refractivity (Wildman–Crippen MR) is 71.8 cm³/mol. The third kappa shape index (κ3) is 3.43. The van der Waals surface area contributed by atoms with E-state index in [0.717, 1.165) is 12.1 Å². The topological polar surface area (TPSA) is 65.5 Å². The second-order valence-corrected chi connectivity index (χ2v) is 3.94.